The minimum atomic E-state index is -0.766. The number of fused-ring (bicyclic) bond motifs is 1. The highest BCUT2D eigenvalue weighted by Crippen LogP contribution is 2.48. The number of carbonyl (C=O) groups excluding carboxylic acids is 2. The van der Waals surface area contributed by atoms with Crippen molar-refractivity contribution in [2.24, 2.45) is 17.8 Å². The van der Waals surface area contributed by atoms with Crippen LogP contribution in [0.5, 0.6) is 5.75 Å². The molecule has 1 aromatic rings. The third kappa shape index (κ3) is 5.24. The van der Waals surface area contributed by atoms with E-state index < -0.39 is 23.9 Å². The number of phenolic OH excluding ortho intramolecular Hbond substituents is 1. The Labute approximate surface area is 208 Å². The Morgan fingerprint density at radius 3 is 2.43 bits per heavy atom. The lowest BCUT2D eigenvalue weighted by atomic mass is 9.67. The molecule has 0 radical (unpaired) electrons. The molecular formula is C29H39NO5. The second-order valence-electron chi connectivity index (χ2n) is 10.5. The van der Waals surface area contributed by atoms with Crippen LogP contribution in [-0.4, -0.2) is 50.8 Å². The fraction of sp³-hybridized carbons (Fsp3) is 0.586. The van der Waals surface area contributed by atoms with Crippen molar-refractivity contribution in [3.8, 4) is 5.75 Å². The summed E-state index contributed by atoms with van der Waals surface area (Å²) < 4.78 is 0. The molecule has 3 aliphatic rings. The summed E-state index contributed by atoms with van der Waals surface area (Å²) in [5.74, 6) is -1.48. The van der Waals surface area contributed by atoms with Gasteiger partial charge < -0.3 is 15.3 Å². The van der Waals surface area contributed by atoms with Crippen molar-refractivity contribution in [2.45, 2.75) is 83.8 Å². The van der Waals surface area contributed by atoms with Crippen LogP contribution in [-0.2, 0) is 9.59 Å². The summed E-state index contributed by atoms with van der Waals surface area (Å²) in [5.41, 5.74) is 3.87. The first-order valence-electron chi connectivity index (χ1n) is 13.2. The highest BCUT2D eigenvalue weighted by Gasteiger charge is 2.56. The van der Waals surface area contributed by atoms with Crippen LogP contribution in [0.2, 0.25) is 0 Å². The maximum absolute atomic E-state index is 13.5. The van der Waals surface area contributed by atoms with Crippen LogP contribution < -0.4 is 0 Å². The number of aliphatic hydroxyl groups is 2. The van der Waals surface area contributed by atoms with Gasteiger partial charge >= 0.3 is 0 Å². The lowest BCUT2D eigenvalue weighted by Crippen LogP contribution is -2.42. The summed E-state index contributed by atoms with van der Waals surface area (Å²) in [6.07, 6.45) is 8.59. The van der Waals surface area contributed by atoms with E-state index in [1.165, 1.54) is 4.90 Å². The van der Waals surface area contributed by atoms with E-state index in [-0.39, 0.29) is 30.2 Å². The molecule has 1 saturated heterocycles. The van der Waals surface area contributed by atoms with Crippen LogP contribution >= 0.6 is 0 Å². The number of aliphatic hydroxyl groups excluding tert-OH is 2. The molecule has 1 aromatic carbocycles. The Morgan fingerprint density at radius 2 is 1.80 bits per heavy atom. The molecule has 1 heterocycles. The maximum atomic E-state index is 13.5. The summed E-state index contributed by atoms with van der Waals surface area (Å²) in [5, 5.41) is 31.2. The van der Waals surface area contributed by atoms with Gasteiger partial charge in [-0.05, 0) is 68.7 Å². The number of phenols is 1. The van der Waals surface area contributed by atoms with Crippen molar-refractivity contribution in [3.63, 3.8) is 0 Å². The molecule has 4 atom stereocenters. The maximum Gasteiger partial charge on any atom is 0.234 e. The molecule has 0 spiro atoms. The number of carbonyl (C=O) groups is 2. The molecule has 2 aliphatic carbocycles. The third-order valence-electron chi connectivity index (χ3n) is 8.26. The first-order chi connectivity index (χ1) is 16.8. The topological polar surface area (TPSA) is 98.1 Å². The number of nitrogens with zero attached hydrogens (tertiary/aromatic N) is 1. The number of benzene rings is 1. The van der Waals surface area contributed by atoms with Crippen molar-refractivity contribution >= 4 is 17.9 Å². The molecule has 1 aliphatic heterocycles. The molecule has 6 nitrogen and oxygen atoms in total. The first kappa shape index (κ1) is 25.6. The molecule has 0 bridgehead atoms. The van der Waals surface area contributed by atoms with E-state index in [2.05, 4.69) is 0 Å². The van der Waals surface area contributed by atoms with Gasteiger partial charge in [-0.15, -0.1) is 0 Å². The Bertz CT molecular complexity index is 989. The summed E-state index contributed by atoms with van der Waals surface area (Å²) in [4.78, 5) is 28.4. The fourth-order valence-electron chi connectivity index (χ4n) is 6.47. The molecule has 0 aromatic heterocycles. The first-order valence-corrected chi connectivity index (χ1v) is 13.2. The van der Waals surface area contributed by atoms with E-state index in [1.807, 2.05) is 32.1 Å². The Kier molecular flexibility index (Phi) is 8.12. The molecule has 6 heteroatoms. The van der Waals surface area contributed by atoms with Gasteiger partial charge in [0.25, 0.3) is 0 Å². The second-order valence-corrected chi connectivity index (χ2v) is 10.5. The molecule has 35 heavy (non-hydrogen) atoms. The summed E-state index contributed by atoms with van der Waals surface area (Å²) in [6, 6.07) is 6.97. The van der Waals surface area contributed by atoms with Gasteiger partial charge in [-0.25, -0.2) is 0 Å². The lowest BCUT2D eigenvalue weighted by Gasteiger charge is -2.36. The zero-order valence-corrected chi connectivity index (χ0v) is 20.9. The highest BCUT2D eigenvalue weighted by atomic mass is 16.3. The number of allylic oxidation sites excluding steroid dienone is 2. The van der Waals surface area contributed by atoms with E-state index in [1.54, 1.807) is 12.1 Å². The summed E-state index contributed by atoms with van der Waals surface area (Å²) in [6.45, 7) is 3.79. The van der Waals surface area contributed by atoms with Crippen LogP contribution in [0.4, 0.5) is 0 Å². The molecule has 190 valence electrons. The number of imide groups is 1. The van der Waals surface area contributed by atoms with Crippen LogP contribution in [0.1, 0.15) is 77.2 Å². The smallest absolute Gasteiger partial charge is 0.234 e. The van der Waals surface area contributed by atoms with Crippen LogP contribution in [0.3, 0.4) is 0 Å². The van der Waals surface area contributed by atoms with Crippen molar-refractivity contribution in [2.75, 3.05) is 6.61 Å². The highest BCUT2D eigenvalue weighted by molar-refractivity contribution is 6.06. The van der Waals surface area contributed by atoms with E-state index in [9.17, 15) is 24.9 Å². The van der Waals surface area contributed by atoms with Crippen molar-refractivity contribution < 1.29 is 24.9 Å². The van der Waals surface area contributed by atoms with Gasteiger partial charge in [-0.3, -0.25) is 14.5 Å². The number of likely N-dealkylation sites (tertiary alicyclic amines) is 1. The molecule has 2 fully saturated rings. The largest absolute Gasteiger partial charge is 0.508 e. The van der Waals surface area contributed by atoms with Gasteiger partial charge in [0.05, 0.1) is 24.5 Å². The van der Waals surface area contributed by atoms with Crippen LogP contribution in [0.15, 0.2) is 41.0 Å². The zero-order chi connectivity index (χ0) is 25.1. The van der Waals surface area contributed by atoms with Gasteiger partial charge in [0.2, 0.25) is 11.8 Å². The number of aromatic hydroxyl groups is 1. The summed E-state index contributed by atoms with van der Waals surface area (Å²) >= 11 is 0. The van der Waals surface area contributed by atoms with Crippen molar-refractivity contribution in [1.29, 1.82) is 0 Å². The Hall–Kier alpha value is -2.44. The van der Waals surface area contributed by atoms with E-state index >= 15 is 0 Å². The number of hydrogen-bond donors (Lipinski definition) is 3. The normalized spacial score (nSPS) is 26.9. The van der Waals surface area contributed by atoms with E-state index in [4.69, 9.17) is 0 Å². The number of rotatable bonds is 8. The second kappa shape index (κ2) is 11.1. The SMILES string of the molecule is CCC1=C([C@H](O)CC/C(C)=C/c2ccc(O)cc2)[C@H](CO)[C@@H]2C(=O)N(C3CCCCC3)C(=O)[C@@H]2C1. The molecule has 4 rings (SSSR count). The van der Waals surface area contributed by atoms with Gasteiger partial charge in [-0.1, -0.05) is 55.5 Å². The Morgan fingerprint density at radius 1 is 1.11 bits per heavy atom. The van der Waals surface area contributed by atoms with Gasteiger partial charge in [0.1, 0.15) is 5.75 Å². The minimum Gasteiger partial charge on any atom is -0.508 e. The molecule has 0 unspecified atom stereocenters. The predicted octanol–water partition coefficient (Wildman–Crippen LogP) is 4.59. The predicted molar refractivity (Wildman–Crippen MR) is 135 cm³/mol. The molecule has 1 saturated carbocycles. The third-order valence-corrected chi connectivity index (χ3v) is 8.26. The zero-order valence-electron chi connectivity index (χ0n) is 20.9. The van der Waals surface area contributed by atoms with Gasteiger partial charge in [0.15, 0.2) is 0 Å². The Balaban J connectivity index is 1.52. The average molecular weight is 482 g/mol. The van der Waals surface area contributed by atoms with Gasteiger partial charge in [0, 0.05) is 12.0 Å². The van der Waals surface area contributed by atoms with Crippen LogP contribution in [0.25, 0.3) is 6.08 Å². The van der Waals surface area contributed by atoms with Crippen molar-refractivity contribution in [3.05, 3.63) is 46.5 Å². The molecule has 3 N–H and O–H groups in total. The molecular weight excluding hydrogens is 442 g/mol. The number of amides is 2. The van der Waals surface area contributed by atoms with Crippen molar-refractivity contribution in [1.82, 2.24) is 4.90 Å². The minimum absolute atomic E-state index is 0.0140. The standard InChI is InChI=1S/C29H39NO5/c1-3-20-16-23-27(29(35)30(28(23)34)21-7-5-4-6-8-21)24(17-31)26(20)25(33)14-9-18(2)15-19-10-12-22(32)13-11-19/h10-13,15,21,23-25,27,31-33H,3-9,14,16-17H2,1-2H3/b18-15+/t23-,24+,25-,27-/m1/s1. The average Bonchev–Trinajstić information content (AvgIpc) is 3.12. The molecule has 2 amide bonds. The lowest BCUT2D eigenvalue weighted by molar-refractivity contribution is -0.143. The van der Waals surface area contributed by atoms with E-state index in [0.717, 1.165) is 54.4 Å². The van der Waals surface area contributed by atoms with Crippen LogP contribution in [0, 0.1) is 17.8 Å². The monoisotopic (exact) mass is 481 g/mol. The van der Waals surface area contributed by atoms with Gasteiger partial charge in [-0.2, -0.15) is 0 Å². The quantitative estimate of drug-likeness (QED) is 0.373. The number of hydrogen-bond acceptors (Lipinski definition) is 5. The fourth-order valence-corrected chi connectivity index (χ4v) is 6.47. The van der Waals surface area contributed by atoms with E-state index in [0.29, 0.717) is 25.7 Å². The summed E-state index contributed by atoms with van der Waals surface area (Å²) in [7, 11) is 0.